The van der Waals surface area contributed by atoms with E-state index < -0.39 is 5.97 Å². The Balaban J connectivity index is 3.75. The lowest BCUT2D eigenvalue weighted by Gasteiger charge is -2.15. The highest BCUT2D eigenvalue weighted by Crippen LogP contribution is 2.16. The molecule has 2 amide bonds. The molecule has 0 aromatic carbocycles. The molecule has 0 aliphatic heterocycles. The molecule has 0 aliphatic rings. The number of nitrogens with one attached hydrogen (secondary N) is 2. The number of amides is 2. The zero-order valence-electron chi connectivity index (χ0n) is 11.8. The highest BCUT2D eigenvalue weighted by atomic mass is 16.4. The lowest BCUT2D eigenvalue weighted by atomic mass is 9.94. The van der Waals surface area contributed by atoms with Gasteiger partial charge in [-0.25, -0.2) is 4.79 Å². The molecule has 0 aromatic rings. The number of rotatable bonds is 11. The van der Waals surface area contributed by atoms with Crippen molar-refractivity contribution in [1.82, 2.24) is 10.6 Å². The summed E-state index contributed by atoms with van der Waals surface area (Å²) in [6.45, 7) is 6.84. The predicted octanol–water partition coefficient (Wildman–Crippen LogP) is 2.53. The third-order valence-corrected chi connectivity index (χ3v) is 2.94. The van der Waals surface area contributed by atoms with Crippen molar-refractivity contribution in [1.29, 1.82) is 0 Å². The Morgan fingerprint density at radius 3 is 2.47 bits per heavy atom. The third kappa shape index (κ3) is 11.3. The number of urea groups is 1. The smallest absolute Gasteiger partial charge is 0.314 e. The van der Waals surface area contributed by atoms with Crippen LogP contribution in [0.2, 0.25) is 0 Å². The van der Waals surface area contributed by atoms with Gasteiger partial charge in [-0.15, -0.1) is 6.58 Å². The first-order valence-electron chi connectivity index (χ1n) is 6.94. The maximum Gasteiger partial charge on any atom is 0.314 e. The van der Waals surface area contributed by atoms with Gasteiger partial charge in [-0.1, -0.05) is 25.8 Å². The van der Waals surface area contributed by atoms with Gasteiger partial charge in [0.15, 0.2) is 0 Å². The Kier molecular flexibility index (Phi) is 10.6. The molecule has 1 atom stereocenters. The van der Waals surface area contributed by atoms with Crippen molar-refractivity contribution in [3.8, 4) is 0 Å². The van der Waals surface area contributed by atoms with Crippen molar-refractivity contribution in [2.45, 2.75) is 45.4 Å². The minimum atomic E-state index is -0.753. The molecule has 0 fully saturated rings. The van der Waals surface area contributed by atoms with E-state index in [1.54, 1.807) is 6.08 Å². The van der Waals surface area contributed by atoms with Gasteiger partial charge in [0.1, 0.15) is 0 Å². The van der Waals surface area contributed by atoms with Crippen molar-refractivity contribution < 1.29 is 14.7 Å². The first-order valence-corrected chi connectivity index (χ1v) is 6.94. The summed E-state index contributed by atoms with van der Waals surface area (Å²) in [5, 5.41) is 14.2. The average Bonchev–Trinajstić information content (AvgIpc) is 2.36. The van der Waals surface area contributed by atoms with Crippen LogP contribution in [0.25, 0.3) is 0 Å². The van der Waals surface area contributed by atoms with Crippen LogP contribution in [0.5, 0.6) is 0 Å². The zero-order valence-corrected chi connectivity index (χ0v) is 11.8. The SMILES string of the molecule is C=CCCNC(=O)NCCC(CCC)CCC(=O)O. The molecule has 0 aliphatic carbocycles. The molecule has 0 spiro atoms. The van der Waals surface area contributed by atoms with Gasteiger partial charge in [0, 0.05) is 19.5 Å². The van der Waals surface area contributed by atoms with Gasteiger partial charge in [-0.05, 0) is 25.2 Å². The van der Waals surface area contributed by atoms with Crippen molar-refractivity contribution >= 4 is 12.0 Å². The number of carbonyl (C=O) groups excluding carboxylic acids is 1. The summed E-state index contributed by atoms with van der Waals surface area (Å²) in [6.07, 6.45) is 6.27. The number of carboxylic acid groups (broad SMARTS) is 1. The fourth-order valence-electron chi connectivity index (χ4n) is 1.91. The molecule has 19 heavy (non-hydrogen) atoms. The third-order valence-electron chi connectivity index (χ3n) is 2.94. The molecule has 0 aromatic heterocycles. The lowest BCUT2D eigenvalue weighted by molar-refractivity contribution is -0.137. The van der Waals surface area contributed by atoms with Gasteiger partial charge in [-0.2, -0.15) is 0 Å². The molecule has 1 unspecified atom stereocenters. The molecular formula is C14H26N2O3. The molecule has 5 heteroatoms. The van der Waals surface area contributed by atoms with Gasteiger partial charge < -0.3 is 15.7 Å². The Bertz CT molecular complexity index is 280. The van der Waals surface area contributed by atoms with E-state index in [4.69, 9.17) is 5.11 Å². The number of hydrogen-bond acceptors (Lipinski definition) is 2. The molecule has 0 heterocycles. The van der Waals surface area contributed by atoms with Crippen molar-refractivity contribution in [2.75, 3.05) is 13.1 Å². The number of aliphatic carboxylic acids is 1. The second kappa shape index (κ2) is 11.6. The minimum Gasteiger partial charge on any atom is -0.481 e. The molecule has 3 N–H and O–H groups in total. The predicted molar refractivity (Wildman–Crippen MR) is 76.1 cm³/mol. The van der Waals surface area contributed by atoms with Crippen molar-refractivity contribution in [3.63, 3.8) is 0 Å². The van der Waals surface area contributed by atoms with Gasteiger partial charge in [0.25, 0.3) is 0 Å². The van der Waals surface area contributed by atoms with Gasteiger partial charge in [0.05, 0.1) is 0 Å². The van der Waals surface area contributed by atoms with Crippen LogP contribution in [0.4, 0.5) is 4.79 Å². The van der Waals surface area contributed by atoms with E-state index in [1.807, 2.05) is 0 Å². The second-order valence-corrected chi connectivity index (χ2v) is 4.64. The van der Waals surface area contributed by atoms with E-state index in [0.717, 1.165) is 25.7 Å². The van der Waals surface area contributed by atoms with E-state index in [9.17, 15) is 9.59 Å². The number of carbonyl (C=O) groups is 2. The average molecular weight is 270 g/mol. The van der Waals surface area contributed by atoms with Crippen molar-refractivity contribution in [3.05, 3.63) is 12.7 Å². The fourth-order valence-corrected chi connectivity index (χ4v) is 1.91. The molecule has 0 saturated carbocycles. The summed E-state index contributed by atoms with van der Waals surface area (Å²) in [5.41, 5.74) is 0. The quantitative estimate of drug-likeness (QED) is 0.399. The Hall–Kier alpha value is -1.52. The summed E-state index contributed by atoms with van der Waals surface area (Å²) in [7, 11) is 0. The minimum absolute atomic E-state index is 0.171. The number of carboxylic acids is 1. The van der Waals surface area contributed by atoms with E-state index >= 15 is 0 Å². The van der Waals surface area contributed by atoms with Crippen LogP contribution in [0, 0.1) is 5.92 Å². The summed E-state index contributed by atoms with van der Waals surface area (Å²) in [5.74, 6) is -0.384. The van der Waals surface area contributed by atoms with Crippen LogP contribution < -0.4 is 10.6 Å². The number of hydrogen-bond donors (Lipinski definition) is 3. The molecule has 0 bridgehead atoms. The van der Waals surface area contributed by atoms with E-state index in [2.05, 4.69) is 24.1 Å². The Morgan fingerprint density at radius 1 is 1.21 bits per heavy atom. The van der Waals surface area contributed by atoms with Crippen LogP contribution in [0.1, 0.15) is 45.4 Å². The maximum absolute atomic E-state index is 11.4. The molecular weight excluding hydrogens is 244 g/mol. The van der Waals surface area contributed by atoms with E-state index in [0.29, 0.717) is 25.4 Å². The molecule has 0 saturated heterocycles. The standard InChI is InChI=1S/C14H26N2O3/c1-3-5-10-15-14(19)16-11-9-12(6-4-2)7-8-13(17)18/h3,12H,1,4-11H2,2H3,(H,17,18)(H2,15,16,19). The van der Waals surface area contributed by atoms with Crippen LogP contribution in [0.15, 0.2) is 12.7 Å². The molecule has 110 valence electrons. The normalized spacial score (nSPS) is 11.6. The fraction of sp³-hybridized carbons (Fsp3) is 0.714. The summed E-state index contributed by atoms with van der Waals surface area (Å²) < 4.78 is 0. The van der Waals surface area contributed by atoms with Crippen LogP contribution in [-0.4, -0.2) is 30.2 Å². The molecule has 5 nitrogen and oxygen atoms in total. The highest BCUT2D eigenvalue weighted by molar-refractivity contribution is 5.73. The highest BCUT2D eigenvalue weighted by Gasteiger charge is 2.10. The topological polar surface area (TPSA) is 78.4 Å². The lowest BCUT2D eigenvalue weighted by Crippen LogP contribution is -2.36. The van der Waals surface area contributed by atoms with Gasteiger partial charge in [0.2, 0.25) is 0 Å². The monoisotopic (exact) mass is 270 g/mol. The largest absolute Gasteiger partial charge is 0.481 e. The summed E-state index contributed by atoms with van der Waals surface area (Å²) in [6, 6.07) is -0.171. The van der Waals surface area contributed by atoms with Crippen molar-refractivity contribution in [2.24, 2.45) is 5.92 Å². The summed E-state index contributed by atoms with van der Waals surface area (Å²) in [4.78, 5) is 21.9. The van der Waals surface area contributed by atoms with Crippen LogP contribution >= 0.6 is 0 Å². The van der Waals surface area contributed by atoms with Gasteiger partial charge >= 0.3 is 12.0 Å². The zero-order chi connectivity index (χ0) is 14.5. The van der Waals surface area contributed by atoms with E-state index in [-0.39, 0.29) is 12.5 Å². The molecule has 0 radical (unpaired) electrons. The molecule has 0 rings (SSSR count). The maximum atomic E-state index is 11.4. The van der Waals surface area contributed by atoms with Gasteiger partial charge in [-0.3, -0.25) is 4.79 Å². The summed E-state index contributed by atoms with van der Waals surface area (Å²) >= 11 is 0. The van der Waals surface area contributed by atoms with Crippen LogP contribution in [-0.2, 0) is 4.79 Å². The van der Waals surface area contributed by atoms with E-state index in [1.165, 1.54) is 0 Å². The second-order valence-electron chi connectivity index (χ2n) is 4.64. The Morgan fingerprint density at radius 2 is 1.89 bits per heavy atom. The Labute approximate surface area is 115 Å². The van der Waals surface area contributed by atoms with Crippen LogP contribution in [0.3, 0.4) is 0 Å². The first-order chi connectivity index (χ1) is 9.10. The first kappa shape index (κ1) is 17.5.